The van der Waals surface area contributed by atoms with E-state index >= 15 is 13.2 Å². The van der Waals surface area contributed by atoms with Crippen molar-refractivity contribution in [2.75, 3.05) is 6.61 Å². The monoisotopic (exact) mass is 515 g/mol. The first-order valence-electron chi connectivity index (χ1n) is 11.6. The maximum absolute atomic E-state index is 15.0. The molecule has 2 N–H and O–H groups in total. The van der Waals surface area contributed by atoms with Crippen molar-refractivity contribution in [3.8, 4) is 5.75 Å². The number of nitrogens with zero attached hydrogens (tertiary/aromatic N) is 2. The van der Waals surface area contributed by atoms with Gasteiger partial charge in [-0.25, -0.2) is 0 Å². The molecule has 3 heterocycles. The third-order valence-electron chi connectivity index (χ3n) is 6.93. The zero-order valence-electron chi connectivity index (χ0n) is 19.7. The average Bonchev–Trinajstić information content (AvgIpc) is 3.44. The summed E-state index contributed by atoms with van der Waals surface area (Å²) in [4.78, 5) is 2.97. The van der Waals surface area contributed by atoms with Crippen molar-refractivity contribution in [2.24, 2.45) is 0 Å². The van der Waals surface area contributed by atoms with E-state index < -0.39 is 29.5 Å². The van der Waals surface area contributed by atoms with Gasteiger partial charge in [-0.2, -0.15) is 18.3 Å². The van der Waals surface area contributed by atoms with E-state index in [9.17, 15) is 5.11 Å². The van der Waals surface area contributed by atoms with Crippen molar-refractivity contribution in [2.45, 2.75) is 49.8 Å². The number of halogens is 4. The summed E-state index contributed by atoms with van der Waals surface area (Å²) in [5.41, 5.74) is -2.05. The van der Waals surface area contributed by atoms with Crippen LogP contribution in [0.25, 0.3) is 11.0 Å². The largest absolute Gasteiger partial charge is 0.493 e. The fourth-order valence-corrected chi connectivity index (χ4v) is 5.56. The molecule has 5 rings (SSSR count). The second-order valence-electron chi connectivity index (χ2n) is 9.93. The number of H-pyrrole nitrogens is 1. The van der Waals surface area contributed by atoms with Crippen LogP contribution in [0.5, 0.6) is 5.75 Å². The molecule has 1 aliphatic heterocycles. The fourth-order valence-electron chi connectivity index (χ4n) is 5.32. The van der Waals surface area contributed by atoms with E-state index in [0.717, 1.165) is 5.56 Å². The van der Waals surface area contributed by atoms with Crippen LogP contribution in [-0.4, -0.2) is 38.7 Å². The van der Waals surface area contributed by atoms with Gasteiger partial charge in [0.1, 0.15) is 5.75 Å². The Bertz CT molecular complexity index is 1370. The molecule has 2 aromatic heterocycles. The van der Waals surface area contributed by atoms with Crippen LogP contribution in [0, 0.1) is 0 Å². The summed E-state index contributed by atoms with van der Waals surface area (Å²) >= 11 is 6.34. The first-order valence-corrected chi connectivity index (χ1v) is 12.0. The molecule has 4 aromatic rings. The lowest BCUT2D eigenvalue weighted by molar-refractivity contribution is -0.272. The Labute approximate surface area is 211 Å². The van der Waals surface area contributed by atoms with Crippen LogP contribution in [0.3, 0.4) is 0 Å². The van der Waals surface area contributed by atoms with Crippen LogP contribution in [0.15, 0.2) is 60.8 Å². The summed E-state index contributed by atoms with van der Waals surface area (Å²) < 4.78 is 50.9. The van der Waals surface area contributed by atoms with E-state index in [0.29, 0.717) is 46.0 Å². The SMILES string of the molecule is CC(C)(CC(O)(C(c1ccccc1)c1cc2ccnnc2[nH]1)C(F)(F)F)c1cc(Cl)cc2c1OCC2. The molecule has 2 atom stereocenters. The van der Waals surface area contributed by atoms with Crippen molar-refractivity contribution in [3.05, 3.63) is 88.2 Å². The molecule has 2 aromatic carbocycles. The van der Waals surface area contributed by atoms with Crippen molar-refractivity contribution >= 4 is 22.6 Å². The summed E-state index contributed by atoms with van der Waals surface area (Å²) in [6, 6.07) is 14.9. The quantitative estimate of drug-likeness (QED) is 0.314. The molecule has 0 bridgehead atoms. The Hall–Kier alpha value is -3.10. The Kier molecular flexibility index (Phi) is 6.00. The van der Waals surface area contributed by atoms with Gasteiger partial charge in [-0.3, -0.25) is 0 Å². The highest BCUT2D eigenvalue weighted by atomic mass is 35.5. The van der Waals surface area contributed by atoms with E-state index in [4.69, 9.17) is 16.3 Å². The van der Waals surface area contributed by atoms with Gasteiger partial charge in [-0.1, -0.05) is 55.8 Å². The highest BCUT2D eigenvalue weighted by molar-refractivity contribution is 6.30. The Morgan fingerprint density at radius 1 is 1.11 bits per heavy atom. The van der Waals surface area contributed by atoms with Crippen LogP contribution in [0.4, 0.5) is 13.2 Å². The van der Waals surface area contributed by atoms with Gasteiger partial charge in [-0.15, -0.1) is 5.10 Å². The van der Waals surface area contributed by atoms with Crippen molar-refractivity contribution in [1.29, 1.82) is 0 Å². The molecule has 0 radical (unpaired) electrons. The predicted molar refractivity (Wildman–Crippen MR) is 131 cm³/mol. The average molecular weight is 516 g/mol. The second-order valence-corrected chi connectivity index (χ2v) is 10.4. The molecule has 0 fully saturated rings. The maximum atomic E-state index is 15.0. The highest BCUT2D eigenvalue weighted by Crippen LogP contribution is 2.53. The topological polar surface area (TPSA) is 71.0 Å². The van der Waals surface area contributed by atoms with Gasteiger partial charge in [0.25, 0.3) is 0 Å². The molecule has 5 nitrogen and oxygen atoms in total. The van der Waals surface area contributed by atoms with Gasteiger partial charge in [-0.05, 0) is 47.2 Å². The van der Waals surface area contributed by atoms with Crippen LogP contribution in [-0.2, 0) is 11.8 Å². The molecule has 0 spiro atoms. The summed E-state index contributed by atoms with van der Waals surface area (Å²) in [5, 5.41) is 20.6. The third-order valence-corrected chi connectivity index (χ3v) is 7.15. The van der Waals surface area contributed by atoms with E-state index in [1.807, 2.05) is 0 Å². The van der Waals surface area contributed by atoms with E-state index in [1.165, 1.54) is 6.20 Å². The van der Waals surface area contributed by atoms with E-state index in [2.05, 4.69) is 15.2 Å². The first kappa shape index (κ1) is 24.6. The molecule has 9 heteroatoms. The zero-order chi connectivity index (χ0) is 25.7. The minimum absolute atomic E-state index is 0.194. The number of fused-ring (bicyclic) bond motifs is 2. The molecular weight excluding hydrogens is 491 g/mol. The van der Waals surface area contributed by atoms with Gasteiger partial charge in [0.15, 0.2) is 11.2 Å². The van der Waals surface area contributed by atoms with Gasteiger partial charge in [0.2, 0.25) is 0 Å². The van der Waals surface area contributed by atoms with E-state index in [-0.39, 0.29) is 5.69 Å². The van der Waals surface area contributed by atoms with Gasteiger partial charge in [0.05, 0.1) is 18.7 Å². The Morgan fingerprint density at radius 3 is 2.56 bits per heavy atom. The number of aromatic nitrogens is 3. The Balaban J connectivity index is 1.68. The number of hydrogen-bond donors (Lipinski definition) is 2. The van der Waals surface area contributed by atoms with E-state index in [1.54, 1.807) is 68.4 Å². The number of benzene rings is 2. The lowest BCUT2D eigenvalue weighted by Crippen LogP contribution is -2.53. The number of aliphatic hydroxyl groups is 1. The molecule has 0 aliphatic carbocycles. The Morgan fingerprint density at radius 2 is 1.86 bits per heavy atom. The first-order chi connectivity index (χ1) is 17.0. The number of hydrogen-bond acceptors (Lipinski definition) is 4. The van der Waals surface area contributed by atoms with Crippen LogP contribution in [0.1, 0.15) is 48.6 Å². The summed E-state index contributed by atoms with van der Waals surface area (Å²) in [6.07, 6.45) is -3.52. The lowest BCUT2D eigenvalue weighted by Gasteiger charge is -2.43. The summed E-state index contributed by atoms with van der Waals surface area (Å²) in [6.45, 7) is 3.79. The molecule has 188 valence electrons. The molecule has 0 saturated carbocycles. The zero-order valence-corrected chi connectivity index (χ0v) is 20.5. The minimum atomic E-state index is -4.98. The summed E-state index contributed by atoms with van der Waals surface area (Å²) in [7, 11) is 0. The standard InChI is InChI=1S/C27H25ClF3N3O2/c1-25(2,20-14-19(28)12-17-9-11-36-23(17)20)15-26(35,27(29,30)31)22(16-6-4-3-5-7-16)21-13-18-8-10-32-34-24(18)33-21/h3-8,10,12-14,22,35H,9,11,15H2,1-2H3,(H,33,34). The number of rotatable bonds is 6. The lowest BCUT2D eigenvalue weighted by atomic mass is 9.67. The van der Waals surface area contributed by atoms with Gasteiger partial charge in [0, 0.05) is 28.1 Å². The third kappa shape index (κ3) is 4.22. The maximum Gasteiger partial charge on any atom is 0.418 e. The molecule has 36 heavy (non-hydrogen) atoms. The number of aromatic amines is 1. The fraction of sp³-hybridized carbons (Fsp3) is 0.333. The molecule has 0 amide bonds. The predicted octanol–water partition coefficient (Wildman–Crippen LogP) is 6.34. The minimum Gasteiger partial charge on any atom is -0.493 e. The molecular formula is C27H25ClF3N3O2. The van der Waals surface area contributed by atoms with Gasteiger partial charge >= 0.3 is 6.18 Å². The number of ether oxygens (including phenoxy) is 1. The number of nitrogens with one attached hydrogen (secondary N) is 1. The van der Waals surface area contributed by atoms with Crippen molar-refractivity contribution in [3.63, 3.8) is 0 Å². The normalized spacial score (nSPS) is 16.4. The second kappa shape index (κ2) is 8.78. The highest BCUT2D eigenvalue weighted by Gasteiger charge is 2.61. The van der Waals surface area contributed by atoms with Crippen molar-refractivity contribution < 1.29 is 23.0 Å². The van der Waals surface area contributed by atoms with Crippen LogP contribution < -0.4 is 4.74 Å². The van der Waals surface area contributed by atoms with Crippen LogP contribution >= 0.6 is 11.6 Å². The molecule has 2 unspecified atom stereocenters. The molecule has 1 aliphatic rings. The summed E-state index contributed by atoms with van der Waals surface area (Å²) in [5.74, 6) is -0.911. The van der Waals surface area contributed by atoms with Crippen LogP contribution in [0.2, 0.25) is 5.02 Å². The smallest absolute Gasteiger partial charge is 0.418 e. The number of alkyl halides is 3. The van der Waals surface area contributed by atoms with Gasteiger partial charge < -0.3 is 14.8 Å². The van der Waals surface area contributed by atoms with Crippen molar-refractivity contribution in [1.82, 2.24) is 15.2 Å². The molecule has 0 saturated heterocycles.